The number of pyridine rings is 1. The summed E-state index contributed by atoms with van der Waals surface area (Å²) in [6, 6.07) is 3.49. The van der Waals surface area contributed by atoms with E-state index in [0.29, 0.717) is 22.1 Å². The Morgan fingerprint density at radius 1 is 1.44 bits per heavy atom. The van der Waals surface area contributed by atoms with Crippen molar-refractivity contribution >= 4 is 23.1 Å². The van der Waals surface area contributed by atoms with Crippen LogP contribution in [0, 0.1) is 5.41 Å². The number of halogens is 1. The van der Waals surface area contributed by atoms with Gasteiger partial charge in [-0.2, -0.15) is 0 Å². The Morgan fingerprint density at radius 3 is 2.81 bits per heavy atom. The lowest BCUT2D eigenvalue weighted by Gasteiger charge is -2.24. The molecular formula is C12H18ClN3. The molecule has 1 aliphatic carbocycles. The summed E-state index contributed by atoms with van der Waals surface area (Å²) in [5.41, 5.74) is 6.88. The first-order valence-electron chi connectivity index (χ1n) is 5.75. The second-order valence-corrected chi connectivity index (χ2v) is 5.33. The molecule has 3 nitrogen and oxygen atoms in total. The topological polar surface area (TPSA) is 50.9 Å². The van der Waals surface area contributed by atoms with Gasteiger partial charge >= 0.3 is 0 Å². The highest BCUT2D eigenvalue weighted by Gasteiger charge is 2.28. The van der Waals surface area contributed by atoms with Crippen molar-refractivity contribution in [3.63, 3.8) is 0 Å². The second-order valence-electron chi connectivity index (χ2n) is 4.94. The van der Waals surface area contributed by atoms with E-state index in [1.165, 1.54) is 25.7 Å². The van der Waals surface area contributed by atoms with Crippen LogP contribution in [0.3, 0.4) is 0 Å². The average molecular weight is 240 g/mol. The van der Waals surface area contributed by atoms with Gasteiger partial charge in [0.15, 0.2) is 5.82 Å². The van der Waals surface area contributed by atoms with Gasteiger partial charge in [0.2, 0.25) is 0 Å². The van der Waals surface area contributed by atoms with E-state index in [1.54, 1.807) is 12.1 Å². The number of nitrogens with one attached hydrogen (secondary N) is 1. The molecule has 0 aliphatic heterocycles. The maximum absolute atomic E-state index is 5.84. The SMILES string of the molecule is CC1(CNc2nc(Cl)ccc2N)CCCC1. The van der Waals surface area contributed by atoms with Crippen molar-refractivity contribution in [3.8, 4) is 0 Å². The average Bonchev–Trinajstić information content (AvgIpc) is 2.67. The van der Waals surface area contributed by atoms with E-state index < -0.39 is 0 Å². The van der Waals surface area contributed by atoms with Gasteiger partial charge in [-0.05, 0) is 30.4 Å². The first kappa shape index (κ1) is 11.5. The van der Waals surface area contributed by atoms with Gasteiger partial charge in [0, 0.05) is 6.54 Å². The number of anilines is 2. The van der Waals surface area contributed by atoms with Crippen molar-refractivity contribution in [1.29, 1.82) is 0 Å². The molecule has 0 atom stereocenters. The van der Waals surface area contributed by atoms with Gasteiger partial charge in [0.1, 0.15) is 5.15 Å². The summed E-state index contributed by atoms with van der Waals surface area (Å²) < 4.78 is 0. The Hall–Kier alpha value is -0.960. The molecule has 0 unspecified atom stereocenters. The number of rotatable bonds is 3. The number of hydrogen-bond donors (Lipinski definition) is 2. The van der Waals surface area contributed by atoms with Crippen LogP contribution >= 0.6 is 11.6 Å². The van der Waals surface area contributed by atoms with Crippen molar-refractivity contribution in [3.05, 3.63) is 17.3 Å². The van der Waals surface area contributed by atoms with Crippen molar-refractivity contribution in [2.75, 3.05) is 17.6 Å². The maximum Gasteiger partial charge on any atom is 0.150 e. The van der Waals surface area contributed by atoms with Crippen LogP contribution in [-0.2, 0) is 0 Å². The van der Waals surface area contributed by atoms with Gasteiger partial charge < -0.3 is 11.1 Å². The van der Waals surface area contributed by atoms with Gasteiger partial charge in [-0.1, -0.05) is 31.4 Å². The fourth-order valence-electron chi connectivity index (χ4n) is 2.29. The molecule has 1 saturated carbocycles. The molecule has 1 fully saturated rings. The molecule has 1 aliphatic rings. The molecule has 0 aromatic carbocycles. The third-order valence-corrected chi connectivity index (χ3v) is 3.60. The lowest BCUT2D eigenvalue weighted by molar-refractivity contribution is 0.361. The van der Waals surface area contributed by atoms with E-state index in [4.69, 9.17) is 17.3 Å². The molecule has 0 spiro atoms. The summed E-state index contributed by atoms with van der Waals surface area (Å²) in [5.74, 6) is 0.709. The van der Waals surface area contributed by atoms with E-state index in [2.05, 4.69) is 17.2 Å². The normalized spacial score (nSPS) is 18.6. The highest BCUT2D eigenvalue weighted by Crippen LogP contribution is 2.37. The maximum atomic E-state index is 5.84. The standard InChI is InChI=1S/C12H18ClN3/c1-12(6-2-3-7-12)8-15-11-9(14)4-5-10(13)16-11/h4-5H,2-3,6-8,14H2,1H3,(H,15,16). The molecule has 1 heterocycles. The molecule has 4 heteroatoms. The molecule has 1 aromatic heterocycles. The highest BCUT2D eigenvalue weighted by atomic mass is 35.5. The van der Waals surface area contributed by atoms with Crippen LogP contribution in [0.15, 0.2) is 12.1 Å². The molecule has 0 amide bonds. The smallest absolute Gasteiger partial charge is 0.150 e. The fourth-order valence-corrected chi connectivity index (χ4v) is 2.44. The van der Waals surface area contributed by atoms with Crippen molar-refractivity contribution < 1.29 is 0 Å². The Balaban J connectivity index is 2.01. The summed E-state index contributed by atoms with van der Waals surface area (Å²) in [7, 11) is 0. The molecule has 16 heavy (non-hydrogen) atoms. The summed E-state index contributed by atoms with van der Waals surface area (Å²) >= 11 is 5.84. The summed E-state index contributed by atoms with van der Waals surface area (Å²) in [5, 5.41) is 3.80. The first-order valence-corrected chi connectivity index (χ1v) is 6.13. The Bertz CT molecular complexity index is 373. The lowest BCUT2D eigenvalue weighted by atomic mass is 9.89. The third-order valence-electron chi connectivity index (χ3n) is 3.39. The van der Waals surface area contributed by atoms with Gasteiger partial charge in [-0.3, -0.25) is 0 Å². The van der Waals surface area contributed by atoms with Crippen LogP contribution in [0.1, 0.15) is 32.6 Å². The molecular weight excluding hydrogens is 222 g/mol. The first-order chi connectivity index (χ1) is 7.59. The van der Waals surface area contributed by atoms with Gasteiger partial charge in [0.05, 0.1) is 5.69 Å². The predicted molar refractivity (Wildman–Crippen MR) is 68.7 cm³/mol. The Labute approximate surface area is 101 Å². The number of nitrogens with two attached hydrogens (primary N) is 1. The second kappa shape index (κ2) is 4.50. The van der Waals surface area contributed by atoms with Crippen LogP contribution in [0.4, 0.5) is 11.5 Å². The van der Waals surface area contributed by atoms with E-state index in [1.807, 2.05) is 0 Å². The van der Waals surface area contributed by atoms with Crippen molar-refractivity contribution in [1.82, 2.24) is 4.98 Å². The lowest BCUT2D eigenvalue weighted by Crippen LogP contribution is -2.23. The minimum absolute atomic E-state index is 0.385. The zero-order valence-corrected chi connectivity index (χ0v) is 10.3. The van der Waals surface area contributed by atoms with Crippen molar-refractivity contribution in [2.24, 2.45) is 5.41 Å². The number of aromatic nitrogens is 1. The van der Waals surface area contributed by atoms with E-state index in [0.717, 1.165) is 6.54 Å². The molecule has 2 rings (SSSR count). The predicted octanol–water partition coefficient (Wildman–Crippen LogP) is 3.31. The summed E-state index contributed by atoms with van der Waals surface area (Å²) in [4.78, 5) is 4.19. The monoisotopic (exact) mass is 239 g/mol. The van der Waals surface area contributed by atoms with E-state index in [9.17, 15) is 0 Å². The van der Waals surface area contributed by atoms with Crippen LogP contribution in [0.25, 0.3) is 0 Å². The van der Waals surface area contributed by atoms with Crippen LogP contribution in [0.2, 0.25) is 5.15 Å². The minimum Gasteiger partial charge on any atom is -0.396 e. The van der Waals surface area contributed by atoms with E-state index >= 15 is 0 Å². The van der Waals surface area contributed by atoms with Gasteiger partial charge in [-0.15, -0.1) is 0 Å². The molecule has 0 radical (unpaired) electrons. The van der Waals surface area contributed by atoms with Crippen molar-refractivity contribution in [2.45, 2.75) is 32.6 Å². The largest absolute Gasteiger partial charge is 0.396 e. The van der Waals surface area contributed by atoms with Gasteiger partial charge in [0.25, 0.3) is 0 Å². The Kier molecular flexibility index (Phi) is 3.24. The Morgan fingerprint density at radius 2 is 2.12 bits per heavy atom. The molecule has 3 N–H and O–H groups in total. The third kappa shape index (κ3) is 2.59. The summed E-state index contributed by atoms with van der Waals surface area (Å²) in [6.07, 6.45) is 5.22. The molecule has 1 aromatic rings. The fraction of sp³-hybridized carbons (Fsp3) is 0.583. The zero-order valence-electron chi connectivity index (χ0n) is 9.59. The van der Waals surface area contributed by atoms with Crippen LogP contribution in [-0.4, -0.2) is 11.5 Å². The van der Waals surface area contributed by atoms with Gasteiger partial charge in [-0.25, -0.2) is 4.98 Å². The van der Waals surface area contributed by atoms with Crippen LogP contribution in [0.5, 0.6) is 0 Å². The zero-order chi connectivity index (χ0) is 11.6. The molecule has 0 saturated heterocycles. The number of nitrogen functional groups attached to an aromatic ring is 1. The van der Waals surface area contributed by atoms with Crippen LogP contribution < -0.4 is 11.1 Å². The summed E-state index contributed by atoms with van der Waals surface area (Å²) in [6.45, 7) is 3.23. The molecule has 88 valence electrons. The highest BCUT2D eigenvalue weighted by molar-refractivity contribution is 6.29. The number of hydrogen-bond acceptors (Lipinski definition) is 3. The molecule has 0 bridgehead atoms. The minimum atomic E-state index is 0.385. The van der Waals surface area contributed by atoms with E-state index in [-0.39, 0.29) is 0 Å². The number of nitrogens with zero attached hydrogens (tertiary/aromatic N) is 1. The quantitative estimate of drug-likeness (QED) is 0.796.